The number of aromatic nitrogens is 2. The zero-order chi connectivity index (χ0) is 13.3. The van der Waals surface area contributed by atoms with Gasteiger partial charge in [0.2, 0.25) is 11.8 Å². The topological polar surface area (TPSA) is 82.2 Å². The summed E-state index contributed by atoms with van der Waals surface area (Å²) in [5, 5.41) is 6.99. The first-order valence-corrected chi connectivity index (χ1v) is 6.10. The maximum absolute atomic E-state index is 12.2. The molecule has 1 saturated carbocycles. The van der Waals surface area contributed by atoms with Gasteiger partial charge in [-0.25, -0.2) is 4.68 Å². The molecule has 18 heavy (non-hydrogen) atoms. The maximum atomic E-state index is 12.2. The third-order valence-electron chi connectivity index (χ3n) is 3.64. The lowest BCUT2D eigenvalue weighted by atomic mass is 9.62. The second-order valence-corrected chi connectivity index (χ2v) is 5.15. The molecule has 0 saturated heterocycles. The number of ether oxygens (including phenoxy) is 1. The van der Waals surface area contributed by atoms with Crippen LogP contribution in [0.2, 0.25) is 0 Å². The van der Waals surface area contributed by atoms with E-state index in [1.165, 1.54) is 0 Å². The van der Waals surface area contributed by atoms with Crippen molar-refractivity contribution in [3.8, 4) is 5.88 Å². The quantitative estimate of drug-likeness (QED) is 0.828. The van der Waals surface area contributed by atoms with Gasteiger partial charge in [-0.15, -0.1) is 0 Å². The molecular formula is C12H20N4O2. The first-order valence-electron chi connectivity index (χ1n) is 6.10. The normalized spacial score (nSPS) is 26.6. The van der Waals surface area contributed by atoms with E-state index in [9.17, 15) is 4.79 Å². The smallest absolute Gasteiger partial charge is 0.233 e. The fourth-order valence-corrected chi connectivity index (χ4v) is 2.67. The van der Waals surface area contributed by atoms with E-state index < -0.39 is 5.41 Å². The van der Waals surface area contributed by atoms with Crippen molar-refractivity contribution in [1.29, 1.82) is 0 Å². The Bertz CT molecular complexity index is 449. The van der Waals surface area contributed by atoms with Crippen molar-refractivity contribution in [3.63, 3.8) is 0 Å². The molecule has 1 aromatic rings. The molecule has 1 aliphatic carbocycles. The van der Waals surface area contributed by atoms with Gasteiger partial charge in [-0.1, -0.05) is 6.92 Å². The van der Waals surface area contributed by atoms with Gasteiger partial charge in [-0.2, -0.15) is 5.10 Å². The molecule has 0 aromatic carbocycles. The molecule has 1 aliphatic rings. The Kier molecular flexibility index (Phi) is 3.30. The number of nitrogens with one attached hydrogen (secondary N) is 1. The van der Waals surface area contributed by atoms with Gasteiger partial charge in [0.05, 0.1) is 12.5 Å². The van der Waals surface area contributed by atoms with Crippen LogP contribution in [0.5, 0.6) is 5.88 Å². The van der Waals surface area contributed by atoms with Crippen LogP contribution >= 0.6 is 0 Å². The van der Waals surface area contributed by atoms with Crippen molar-refractivity contribution in [2.75, 3.05) is 19.0 Å². The zero-order valence-corrected chi connectivity index (χ0v) is 11.1. The lowest BCUT2D eigenvalue weighted by Crippen LogP contribution is -2.51. The van der Waals surface area contributed by atoms with Gasteiger partial charge in [0.15, 0.2) is 5.82 Å². The predicted octanol–water partition coefficient (Wildman–Crippen LogP) is 0.742. The van der Waals surface area contributed by atoms with Crippen LogP contribution in [0.1, 0.15) is 19.8 Å². The van der Waals surface area contributed by atoms with Crippen LogP contribution in [0.15, 0.2) is 6.07 Å². The largest absolute Gasteiger partial charge is 0.481 e. The van der Waals surface area contributed by atoms with Crippen molar-refractivity contribution in [2.24, 2.45) is 24.1 Å². The highest BCUT2D eigenvalue weighted by Crippen LogP contribution is 2.45. The Morgan fingerprint density at radius 2 is 2.39 bits per heavy atom. The fraction of sp³-hybridized carbons (Fsp3) is 0.667. The number of carbonyl (C=O) groups excluding carboxylic acids is 1. The molecule has 1 heterocycles. The van der Waals surface area contributed by atoms with Crippen LogP contribution in [0.4, 0.5) is 5.82 Å². The minimum atomic E-state index is -0.413. The number of hydrogen-bond donors (Lipinski definition) is 2. The molecule has 0 spiro atoms. The summed E-state index contributed by atoms with van der Waals surface area (Å²) >= 11 is 0. The third-order valence-corrected chi connectivity index (χ3v) is 3.64. The monoisotopic (exact) mass is 252 g/mol. The van der Waals surface area contributed by atoms with E-state index in [4.69, 9.17) is 10.5 Å². The molecule has 3 N–H and O–H groups in total. The maximum Gasteiger partial charge on any atom is 0.233 e. The van der Waals surface area contributed by atoms with Crippen LogP contribution in [0.3, 0.4) is 0 Å². The minimum Gasteiger partial charge on any atom is -0.481 e. The lowest BCUT2D eigenvalue weighted by Gasteiger charge is -2.43. The average Bonchev–Trinajstić information content (AvgIpc) is 2.64. The molecule has 6 heteroatoms. The second kappa shape index (κ2) is 4.61. The first kappa shape index (κ1) is 12.9. The molecular weight excluding hydrogens is 232 g/mol. The molecule has 0 atom stereocenters. The number of hydrogen-bond acceptors (Lipinski definition) is 4. The SMILES string of the molecule is COc1cc(NC(=O)C2(CN)CC(C)C2)nn1C. The summed E-state index contributed by atoms with van der Waals surface area (Å²) in [6.45, 7) is 2.51. The molecule has 1 aromatic heterocycles. The van der Waals surface area contributed by atoms with Crippen molar-refractivity contribution < 1.29 is 9.53 Å². The number of anilines is 1. The fourth-order valence-electron chi connectivity index (χ4n) is 2.67. The average molecular weight is 252 g/mol. The Morgan fingerprint density at radius 3 is 2.83 bits per heavy atom. The number of methoxy groups -OCH3 is 1. The summed E-state index contributed by atoms with van der Waals surface area (Å²) in [5.41, 5.74) is 5.32. The molecule has 0 unspecified atom stereocenters. The van der Waals surface area contributed by atoms with Crippen LogP contribution < -0.4 is 15.8 Å². The van der Waals surface area contributed by atoms with Crippen LogP contribution in [-0.2, 0) is 11.8 Å². The second-order valence-electron chi connectivity index (χ2n) is 5.15. The summed E-state index contributed by atoms with van der Waals surface area (Å²) in [4.78, 5) is 12.2. The number of aryl methyl sites for hydroxylation is 1. The van der Waals surface area contributed by atoms with Gasteiger partial charge in [0.25, 0.3) is 0 Å². The molecule has 1 amide bonds. The first-order chi connectivity index (χ1) is 8.50. The Labute approximate surface area is 106 Å². The number of carbonyl (C=O) groups is 1. The van der Waals surface area contributed by atoms with Gasteiger partial charge in [0.1, 0.15) is 0 Å². The molecule has 2 rings (SSSR count). The van der Waals surface area contributed by atoms with E-state index in [0.717, 1.165) is 12.8 Å². The highest BCUT2D eigenvalue weighted by molar-refractivity contribution is 5.95. The summed E-state index contributed by atoms with van der Waals surface area (Å²) in [7, 11) is 3.33. The molecule has 1 fully saturated rings. The third kappa shape index (κ3) is 2.08. The van der Waals surface area contributed by atoms with Crippen LogP contribution in [0.25, 0.3) is 0 Å². The summed E-state index contributed by atoms with van der Waals surface area (Å²) in [6.07, 6.45) is 1.69. The summed E-state index contributed by atoms with van der Waals surface area (Å²) in [5.74, 6) is 1.64. The number of nitrogens with zero attached hydrogens (tertiary/aromatic N) is 2. The molecule has 0 radical (unpaired) electrons. The van der Waals surface area contributed by atoms with E-state index in [1.807, 2.05) is 0 Å². The standard InChI is InChI=1S/C12H20N4O2/c1-8-5-12(6-8,7-13)11(17)14-9-4-10(18-3)16(2)15-9/h4,8H,5-7,13H2,1-3H3,(H,14,15,17). The van der Waals surface area contributed by atoms with Crippen molar-refractivity contribution in [2.45, 2.75) is 19.8 Å². The molecule has 0 aliphatic heterocycles. The molecule has 6 nitrogen and oxygen atoms in total. The van der Waals surface area contributed by atoms with Gasteiger partial charge in [0, 0.05) is 19.7 Å². The van der Waals surface area contributed by atoms with E-state index >= 15 is 0 Å². The van der Waals surface area contributed by atoms with E-state index in [-0.39, 0.29) is 5.91 Å². The van der Waals surface area contributed by atoms with Gasteiger partial charge >= 0.3 is 0 Å². The van der Waals surface area contributed by atoms with Crippen molar-refractivity contribution in [1.82, 2.24) is 9.78 Å². The summed E-state index contributed by atoms with van der Waals surface area (Å²) < 4.78 is 6.68. The van der Waals surface area contributed by atoms with Crippen molar-refractivity contribution >= 4 is 11.7 Å². The van der Waals surface area contributed by atoms with Gasteiger partial charge in [-0.3, -0.25) is 4.79 Å². The van der Waals surface area contributed by atoms with Crippen LogP contribution in [-0.4, -0.2) is 29.3 Å². The Balaban J connectivity index is 2.06. The van der Waals surface area contributed by atoms with Gasteiger partial charge < -0.3 is 15.8 Å². The van der Waals surface area contributed by atoms with E-state index in [0.29, 0.717) is 24.2 Å². The van der Waals surface area contributed by atoms with Crippen molar-refractivity contribution in [3.05, 3.63) is 6.07 Å². The zero-order valence-electron chi connectivity index (χ0n) is 11.1. The predicted molar refractivity (Wildman–Crippen MR) is 68.3 cm³/mol. The van der Waals surface area contributed by atoms with Crippen LogP contribution in [0, 0.1) is 11.3 Å². The Hall–Kier alpha value is -1.56. The molecule has 0 bridgehead atoms. The highest BCUT2D eigenvalue weighted by Gasteiger charge is 2.47. The minimum absolute atomic E-state index is 0.0381. The lowest BCUT2D eigenvalue weighted by molar-refractivity contribution is -0.132. The van der Waals surface area contributed by atoms with E-state index in [2.05, 4.69) is 17.3 Å². The van der Waals surface area contributed by atoms with Gasteiger partial charge in [-0.05, 0) is 18.8 Å². The van der Waals surface area contributed by atoms with E-state index in [1.54, 1.807) is 24.9 Å². The number of rotatable bonds is 4. The Morgan fingerprint density at radius 1 is 1.72 bits per heavy atom. The number of nitrogens with two attached hydrogens (primary N) is 1. The summed E-state index contributed by atoms with van der Waals surface area (Å²) in [6, 6.07) is 1.70. The highest BCUT2D eigenvalue weighted by atomic mass is 16.5. The molecule has 100 valence electrons. The number of amides is 1.